The van der Waals surface area contributed by atoms with Gasteiger partial charge in [-0.05, 0) is 25.5 Å². The summed E-state index contributed by atoms with van der Waals surface area (Å²) in [6.07, 6.45) is 0.320. The lowest BCUT2D eigenvalue weighted by Crippen LogP contribution is -2.35. The second-order valence-electron chi connectivity index (χ2n) is 4.53. The summed E-state index contributed by atoms with van der Waals surface area (Å²) in [7, 11) is -3.03. The predicted molar refractivity (Wildman–Crippen MR) is 74.3 cm³/mol. The number of aryl methyl sites for hydroxylation is 1. The summed E-state index contributed by atoms with van der Waals surface area (Å²) in [4.78, 5) is 0. The van der Waals surface area contributed by atoms with Crippen LogP contribution < -0.4 is 10.2 Å². The smallest absolute Gasteiger partial charge is 0.494 e. The summed E-state index contributed by atoms with van der Waals surface area (Å²) in [5.41, 5.74) is -0.526. The van der Waals surface area contributed by atoms with Crippen molar-refractivity contribution in [1.82, 2.24) is 0 Å². The molecule has 0 saturated carbocycles. The van der Waals surface area contributed by atoms with E-state index in [1.54, 1.807) is 6.92 Å². The third kappa shape index (κ3) is 5.07. The molecule has 0 N–H and O–H groups in total. The zero-order valence-corrected chi connectivity index (χ0v) is 12.2. The molecule has 1 aromatic carbocycles. The first-order valence-corrected chi connectivity index (χ1v) is 8.11. The van der Waals surface area contributed by atoms with Crippen LogP contribution in [-0.2, 0) is 9.84 Å². The van der Waals surface area contributed by atoms with E-state index < -0.39 is 22.3 Å². The third-order valence-electron chi connectivity index (χ3n) is 2.90. The fourth-order valence-electron chi connectivity index (χ4n) is 1.72. The van der Waals surface area contributed by atoms with Gasteiger partial charge in [-0.3, -0.25) is 0 Å². The van der Waals surface area contributed by atoms with Gasteiger partial charge in [-0.1, -0.05) is 18.6 Å². The zero-order valence-electron chi connectivity index (χ0n) is 11.4. The Kier molecular flexibility index (Phi) is 5.50. The molecule has 1 rings (SSSR count). The van der Waals surface area contributed by atoms with Crippen molar-refractivity contribution in [1.29, 1.82) is 0 Å². The molecule has 0 atom stereocenters. The van der Waals surface area contributed by atoms with Crippen molar-refractivity contribution in [2.24, 2.45) is 0 Å². The molecular formula is C12H17BF3O3S-. The Morgan fingerprint density at radius 1 is 1.25 bits per heavy atom. The van der Waals surface area contributed by atoms with Crippen LogP contribution in [-0.4, -0.2) is 33.5 Å². The van der Waals surface area contributed by atoms with E-state index in [0.29, 0.717) is 12.2 Å². The number of hydrogen-bond donors (Lipinski definition) is 0. The van der Waals surface area contributed by atoms with Crippen LogP contribution in [0.1, 0.15) is 18.9 Å². The maximum Gasteiger partial charge on any atom is 0.509 e. The van der Waals surface area contributed by atoms with Gasteiger partial charge in [-0.25, -0.2) is 8.42 Å². The van der Waals surface area contributed by atoms with E-state index in [4.69, 9.17) is 4.74 Å². The monoisotopic (exact) mass is 309 g/mol. The lowest BCUT2D eigenvalue weighted by molar-refractivity contribution is 0.317. The van der Waals surface area contributed by atoms with Gasteiger partial charge in [0.1, 0.15) is 15.6 Å². The first kappa shape index (κ1) is 16.9. The maximum atomic E-state index is 12.6. The number of ether oxygens (including phenoxy) is 1. The number of sulfone groups is 1. The SMILES string of the molecule is CCS(=O)(=O)CCCOc1ccc([B-](F)(F)F)c(C)c1. The molecular weight excluding hydrogens is 292 g/mol. The molecule has 114 valence electrons. The van der Waals surface area contributed by atoms with Gasteiger partial charge in [0.25, 0.3) is 0 Å². The summed E-state index contributed by atoms with van der Waals surface area (Å²) in [5.74, 6) is 0.418. The van der Waals surface area contributed by atoms with Crippen LogP contribution in [0.4, 0.5) is 12.9 Å². The van der Waals surface area contributed by atoms with E-state index in [0.717, 1.165) is 6.07 Å². The molecule has 1 aromatic rings. The number of hydrogen-bond acceptors (Lipinski definition) is 3. The van der Waals surface area contributed by atoms with E-state index in [1.165, 1.54) is 19.1 Å². The molecule has 0 saturated heterocycles. The molecule has 0 aliphatic carbocycles. The number of halogens is 3. The summed E-state index contributed by atoms with van der Waals surface area (Å²) >= 11 is 0. The summed E-state index contributed by atoms with van der Waals surface area (Å²) < 4.78 is 65.6. The molecule has 0 unspecified atom stereocenters. The first-order valence-electron chi connectivity index (χ1n) is 6.29. The lowest BCUT2D eigenvalue weighted by Gasteiger charge is -2.18. The maximum absolute atomic E-state index is 12.6. The van der Waals surface area contributed by atoms with Gasteiger partial charge < -0.3 is 17.7 Å². The largest absolute Gasteiger partial charge is 0.509 e. The second kappa shape index (κ2) is 6.52. The Hall–Kier alpha value is -1.18. The molecule has 0 aromatic heterocycles. The fourth-order valence-corrected chi connectivity index (χ4v) is 2.56. The van der Waals surface area contributed by atoms with Crippen molar-refractivity contribution in [3.8, 4) is 5.75 Å². The van der Waals surface area contributed by atoms with Gasteiger partial charge in [0.15, 0.2) is 0 Å². The molecule has 0 bridgehead atoms. The summed E-state index contributed by atoms with van der Waals surface area (Å²) in [5, 5.41) is 0. The van der Waals surface area contributed by atoms with Gasteiger partial charge in [-0.15, -0.1) is 5.46 Å². The molecule has 0 aliphatic heterocycles. The topological polar surface area (TPSA) is 43.4 Å². The van der Waals surface area contributed by atoms with Gasteiger partial charge >= 0.3 is 6.98 Å². The minimum atomic E-state index is -5.02. The van der Waals surface area contributed by atoms with Crippen molar-refractivity contribution >= 4 is 22.3 Å². The molecule has 0 fully saturated rings. The van der Waals surface area contributed by atoms with Crippen molar-refractivity contribution in [2.45, 2.75) is 20.3 Å². The van der Waals surface area contributed by atoms with E-state index in [9.17, 15) is 21.4 Å². The average molecular weight is 309 g/mol. The Morgan fingerprint density at radius 3 is 2.40 bits per heavy atom. The van der Waals surface area contributed by atoms with Crippen molar-refractivity contribution < 1.29 is 26.1 Å². The predicted octanol–water partition coefficient (Wildman–Crippen LogP) is 2.25. The van der Waals surface area contributed by atoms with Crippen LogP contribution in [0.25, 0.3) is 0 Å². The van der Waals surface area contributed by atoms with Crippen LogP contribution in [0.5, 0.6) is 5.75 Å². The summed E-state index contributed by atoms with van der Waals surface area (Å²) in [6, 6.07) is 3.57. The highest BCUT2D eigenvalue weighted by Crippen LogP contribution is 2.17. The minimum absolute atomic E-state index is 0.0201. The number of benzene rings is 1. The molecule has 20 heavy (non-hydrogen) atoms. The van der Waals surface area contributed by atoms with Crippen LogP contribution in [0.15, 0.2) is 18.2 Å². The molecule has 0 heterocycles. The van der Waals surface area contributed by atoms with Crippen molar-refractivity contribution in [3.05, 3.63) is 23.8 Å². The zero-order chi connectivity index (χ0) is 15.4. The second-order valence-corrected chi connectivity index (χ2v) is 7.00. The third-order valence-corrected chi connectivity index (χ3v) is 4.69. The Labute approximate surface area is 117 Å². The Morgan fingerprint density at radius 2 is 1.90 bits per heavy atom. The van der Waals surface area contributed by atoms with Crippen LogP contribution in [0.3, 0.4) is 0 Å². The van der Waals surface area contributed by atoms with Gasteiger partial charge in [0, 0.05) is 5.75 Å². The molecule has 0 radical (unpaired) electrons. The van der Waals surface area contributed by atoms with E-state index in [1.807, 2.05) is 0 Å². The molecule has 0 aliphatic rings. The molecule has 3 nitrogen and oxygen atoms in total. The quantitative estimate of drug-likeness (QED) is 0.573. The van der Waals surface area contributed by atoms with E-state index in [-0.39, 0.29) is 23.7 Å². The lowest BCUT2D eigenvalue weighted by atomic mass is 9.77. The Balaban J connectivity index is 2.57. The van der Waals surface area contributed by atoms with Crippen LogP contribution >= 0.6 is 0 Å². The van der Waals surface area contributed by atoms with Crippen molar-refractivity contribution in [3.63, 3.8) is 0 Å². The highest BCUT2D eigenvalue weighted by molar-refractivity contribution is 7.91. The number of rotatable bonds is 7. The molecule has 0 spiro atoms. The Bertz CT molecular complexity index is 556. The first-order chi connectivity index (χ1) is 9.15. The van der Waals surface area contributed by atoms with Crippen molar-refractivity contribution in [2.75, 3.05) is 18.1 Å². The van der Waals surface area contributed by atoms with E-state index >= 15 is 0 Å². The normalized spacial score (nSPS) is 12.4. The van der Waals surface area contributed by atoms with Gasteiger partial charge in [-0.2, -0.15) is 0 Å². The van der Waals surface area contributed by atoms with Gasteiger partial charge in [0.2, 0.25) is 0 Å². The summed E-state index contributed by atoms with van der Waals surface area (Å²) in [6.45, 7) is -1.92. The van der Waals surface area contributed by atoms with E-state index in [2.05, 4.69) is 0 Å². The fraction of sp³-hybridized carbons (Fsp3) is 0.500. The van der Waals surface area contributed by atoms with Crippen LogP contribution in [0.2, 0.25) is 0 Å². The minimum Gasteiger partial charge on any atom is -0.494 e. The van der Waals surface area contributed by atoms with Gasteiger partial charge in [0.05, 0.1) is 12.4 Å². The highest BCUT2D eigenvalue weighted by Gasteiger charge is 2.27. The average Bonchev–Trinajstić information content (AvgIpc) is 2.33. The highest BCUT2D eigenvalue weighted by atomic mass is 32.2. The van der Waals surface area contributed by atoms with Crippen LogP contribution in [0, 0.1) is 6.92 Å². The molecule has 8 heteroatoms. The standard InChI is InChI=1S/C12H17BF3O3S/c1-3-20(17,18)8-4-7-19-11-5-6-12(10(2)9-11)13(14,15)16/h5-6,9H,3-4,7-8H2,1-2H3/q-1. The molecule has 0 amide bonds.